The number of hydrogen-bond donors (Lipinski definition) is 3. The van der Waals surface area contributed by atoms with Gasteiger partial charge in [0.15, 0.2) is 11.5 Å². The second-order valence-electron chi connectivity index (χ2n) is 5.06. The highest BCUT2D eigenvalue weighted by atomic mass is 32.2. The van der Waals surface area contributed by atoms with Gasteiger partial charge in [-0.25, -0.2) is 18.6 Å². The maximum absolute atomic E-state index is 12.0. The Kier molecular flexibility index (Phi) is 6.70. The highest BCUT2D eigenvalue weighted by molar-refractivity contribution is 7.89. The SMILES string of the molecule is CCOc1cccc(/C=N/NC(=O)CNS(=O)(=O)c2ccccc2)c1O. The first-order valence-corrected chi connectivity index (χ1v) is 9.23. The van der Waals surface area contributed by atoms with Crippen molar-refractivity contribution in [2.75, 3.05) is 13.2 Å². The molecule has 2 aromatic rings. The number of hydrogen-bond acceptors (Lipinski definition) is 6. The number of hydrazone groups is 1. The molecule has 138 valence electrons. The molecule has 1 amide bonds. The van der Waals surface area contributed by atoms with Gasteiger partial charge in [-0.1, -0.05) is 24.3 Å². The molecule has 0 saturated carbocycles. The van der Waals surface area contributed by atoms with Crippen LogP contribution in [0.4, 0.5) is 0 Å². The first kappa shape index (κ1) is 19.4. The van der Waals surface area contributed by atoms with Gasteiger partial charge in [-0.2, -0.15) is 5.10 Å². The first-order chi connectivity index (χ1) is 12.4. The summed E-state index contributed by atoms with van der Waals surface area (Å²) in [5.41, 5.74) is 2.53. The summed E-state index contributed by atoms with van der Waals surface area (Å²) in [5.74, 6) is -0.447. The number of para-hydroxylation sites is 1. The lowest BCUT2D eigenvalue weighted by atomic mass is 10.2. The van der Waals surface area contributed by atoms with Crippen molar-refractivity contribution in [1.29, 1.82) is 0 Å². The second kappa shape index (κ2) is 8.97. The zero-order valence-electron chi connectivity index (χ0n) is 14.0. The van der Waals surface area contributed by atoms with Crippen LogP contribution < -0.4 is 14.9 Å². The van der Waals surface area contributed by atoms with Crippen LogP contribution in [0.15, 0.2) is 58.5 Å². The van der Waals surface area contributed by atoms with Crippen LogP contribution in [-0.2, 0) is 14.8 Å². The van der Waals surface area contributed by atoms with Crippen molar-refractivity contribution in [1.82, 2.24) is 10.1 Å². The maximum Gasteiger partial charge on any atom is 0.255 e. The fraction of sp³-hybridized carbons (Fsp3) is 0.176. The molecule has 0 unspecified atom stereocenters. The van der Waals surface area contributed by atoms with Crippen LogP contribution in [0.5, 0.6) is 11.5 Å². The van der Waals surface area contributed by atoms with E-state index in [1.54, 1.807) is 43.3 Å². The van der Waals surface area contributed by atoms with E-state index in [9.17, 15) is 18.3 Å². The number of amides is 1. The zero-order valence-corrected chi connectivity index (χ0v) is 14.9. The molecule has 0 bridgehead atoms. The fourth-order valence-corrected chi connectivity index (χ4v) is 2.98. The Morgan fingerprint density at radius 3 is 2.62 bits per heavy atom. The topological polar surface area (TPSA) is 117 Å². The normalized spacial score (nSPS) is 11.4. The van der Waals surface area contributed by atoms with Gasteiger partial charge < -0.3 is 9.84 Å². The molecule has 3 N–H and O–H groups in total. The Hall–Kier alpha value is -2.91. The van der Waals surface area contributed by atoms with E-state index in [2.05, 4.69) is 15.2 Å². The van der Waals surface area contributed by atoms with Crippen LogP contribution in [-0.4, -0.2) is 38.8 Å². The van der Waals surface area contributed by atoms with Gasteiger partial charge in [-0.05, 0) is 31.2 Å². The molecule has 0 spiro atoms. The van der Waals surface area contributed by atoms with E-state index in [0.717, 1.165) is 0 Å². The van der Waals surface area contributed by atoms with Gasteiger partial charge in [0, 0.05) is 5.56 Å². The van der Waals surface area contributed by atoms with Crippen molar-refractivity contribution in [3.8, 4) is 11.5 Å². The minimum atomic E-state index is -3.77. The third kappa shape index (κ3) is 5.30. The molecular formula is C17H19N3O5S. The molecule has 8 nitrogen and oxygen atoms in total. The average molecular weight is 377 g/mol. The van der Waals surface area contributed by atoms with Crippen molar-refractivity contribution in [3.63, 3.8) is 0 Å². The lowest BCUT2D eigenvalue weighted by Crippen LogP contribution is -2.34. The molecule has 0 aliphatic heterocycles. The largest absolute Gasteiger partial charge is 0.504 e. The van der Waals surface area contributed by atoms with Crippen molar-refractivity contribution >= 4 is 22.1 Å². The van der Waals surface area contributed by atoms with Crippen molar-refractivity contribution in [2.45, 2.75) is 11.8 Å². The number of aromatic hydroxyl groups is 1. The Morgan fingerprint density at radius 1 is 1.19 bits per heavy atom. The number of carbonyl (C=O) groups excluding carboxylic acids is 1. The predicted molar refractivity (Wildman–Crippen MR) is 96.6 cm³/mol. The summed E-state index contributed by atoms with van der Waals surface area (Å²) in [6, 6.07) is 12.6. The predicted octanol–water partition coefficient (Wildman–Crippen LogP) is 1.22. The molecule has 26 heavy (non-hydrogen) atoms. The minimum Gasteiger partial charge on any atom is -0.504 e. The molecule has 0 fully saturated rings. The number of benzene rings is 2. The number of rotatable bonds is 8. The molecule has 0 radical (unpaired) electrons. The monoisotopic (exact) mass is 377 g/mol. The lowest BCUT2D eigenvalue weighted by Gasteiger charge is -2.07. The van der Waals surface area contributed by atoms with Crippen molar-refractivity contribution in [3.05, 3.63) is 54.1 Å². The Labute approximate surface area is 151 Å². The molecule has 0 aliphatic carbocycles. The molecular weight excluding hydrogens is 358 g/mol. The van der Waals surface area contributed by atoms with Crippen LogP contribution in [0.1, 0.15) is 12.5 Å². The van der Waals surface area contributed by atoms with E-state index < -0.39 is 22.5 Å². The molecule has 9 heteroatoms. The summed E-state index contributed by atoms with van der Waals surface area (Å²) in [6.45, 7) is 1.71. The standard InChI is InChI=1S/C17H19N3O5S/c1-2-25-15-10-6-7-13(17(15)22)11-18-20-16(21)12-19-26(23,24)14-8-4-3-5-9-14/h3-11,19,22H,2,12H2,1H3,(H,20,21)/b18-11+. The van der Waals surface area contributed by atoms with E-state index in [1.165, 1.54) is 18.3 Å². The smallest absolute Gasteiger partial charge is 0.255 e. The molecule has 2 rings (SSSR count). The minimum absolute atomic E-state index is 0.0639. The van der Waals surface area contributed by atoms with E-state index in [0.29, 0.717) is 17.9 Å². The lowest BCUT2D eigenvalue weighted by molar-refractivity contribution is -0.119. The highest BCUT2D eigenvalue weighted by Crippen LogP contribution is 2.28. The number of sulfonamides is 1. The highest BCUT2D eigenvalue weighted by Gasteiger charge is 2.14. The summed E-state index contributed by atoms with van der Waals surface area (Å²) < 4.78 is 31.4. The summed E-state index contributed by atoms with van der Waals surface area (Å²) in [7, 11) is -3.77. The fourth-order valence-electron chi connectivity index (χ4n) is 1.97. The van der Waals surface area contributed by atoms with Crippen LogP contribution in [0.2, 0.25) is 0 Å². The Bertz CT molecular complexity index is 883. The summed E-state index contributed by atoms with van der Waals surface area (Å²) in [6.07, 6.45) is 1.24. The molecule has 2 aromatic carbocycles. The van der Waals surface area contributed by atoms with Gasteiger partial charge in [0.2, 0.25) is 10.0 Å². The summed E-state index contributed by atoms with van der Waals surface area (Å²) in [4.78, 5) is 11.8. The maximum atomic E-state index is 12.0. The zero-order chi connectivity index (χ0) is 19.0. The number of nitrogens with one attached hydrogen (secondary N) is 2. The summed E-state index contributed by atoms with van der Waals surface area (Å²) in [5, 5.41) is 13.7. The number of nitrogens with zero attached hydrogens (tertiary/aromatic N) is 1. The van der Waals surface area contributed by atoms with E-state index in [-0.39, 0.29) is 10.6 Å². The van der Waals surface area contributed by atoms with E-state index in [1.807, 2.05) is 0 Å². The second-order valence-corrected chi connectivity index (χ2v) is 6.82. The van der Waals surface area contributed by atoms with Crippen LogP contribution in [0.25, 0.3) is 0 Å². The quantitative estimate of drug-likeness (QED) is 0.472. The van der Waals surface area contributed by atoms with Gasteiger partial charge in [0.1, 0.15) is 0 Å². The van der Waals surface area contributed by atoms with Gasteiger partial charge in [0.25, 0.3) is 5.91 Å². The average Bonchev–Trinajstić information content (AvgIpc) is 2.64. The van der Waals surface area contributed by atoms with Gasteiger partial charge >= 0.3 is 0 Å². The van der Waals surface area contributed by atoms with Crippen molar-refractivity contribution in [2.24, 2.45) is 5.10 Å². The third-order valence-electron chi connectivity index (χ3n) is 3.20. The van der Waals surface area contributed by atoms with E-state index >= 15 is 0 Å². The van der Waals surface area contributed by atoms with E-state index in [4.69, 9.17) is 4.74 Å². The Balaban J connectivity index is 1.91. The summed E-state index contributed by atoms with van der Waals surface area (Å²) >= 11 is 0. The molecule has 0 atom stereocenters. The van der Waals surface area contributed by atoms with Crippen LogP contribution in [0.3, 0.4) is 0 Å². The molecule has 0 aliphatic rings. The molecule has 0 aromatic heterocycles. The van der Waals surface area contributed by atoms with Crippen molar-refractivity contribution < 1.29 is 23.1 Å². The van der Waals surface area contributed by atoms with Crippen LogP contribution in [0, 0.1) is 0 Å². The Morgan fingerprint density at radius 2 is 1.92 bits per heavy atom. The van der Waals surface area contributed by atoms with Gasteiger partial charge in [-0.15, -0.1) is 0 Å². The number of ether oxygens (including phenoxy) is 1. The van der Waals surface area contributed by atoms with Crippen LogP contribution >= 0.6 is 0 Å². The molecule has 0 heterocycles. The molecule has 0 saturated heterocycles. The third-order valence-corrected chi connectivity index (χ3v) is 4.62. The number of phenols is 1. The first-order valence-electron chi connectivity index (χ1n) is 7.75. The number of phenolic OH excluding ortho intramolecular Hbond substituents is 1. The number of carbonyl (C=O) groups is 1. The van der Waals surface area contributed by atoms with Gasteiger partial charge in [0.05, 0.1) is 24.3 Å². The van der Waals surface area contributed by atoms with Gasteiger partial charge in [-0.3, -0.25) is 4.79 Å².